The van der Waals surface area contributed by atoms with Crippen LogP contribution in [0, 0.1) is 0 Å². The smallest absolute Gasteiger partial charge is 0.252 e. The number of rotatable bonds is 9. The van der Waals surface area contributed by atoms with Gasteiger partial charge in [-0.15, -0.1) is 0 Å². The zero-order chi connectivity index (χ0) is 18.8. The predicted molar refractivity (Wildman–Crippen MR) is 99.7 cm³/mol. The molecule has 0 saturated heterocycles. The minimum Gasteiger partial charge on any atom is -0.492 e. The Hall–Kier alpha value is -2.60. The lowest BCUT2D eigenvalue weighted by molar-refractivity contribution is -0.0168. The number of pyridine rings is 1. The van der Waals surface area contributed by atoms with E-state index in [-0.39, 0.29) is 11.5 Å². The number of carbonyl (C=O) groups is 1. The van der Waals surface area contributed by atoms with Crippen LogP contribution in [0.3, 0.4) is 0 Å². The number of aromatic nitrogens is 1. The van der Waals surface area contributed by atoms with Gasteiger partial charge in [0.2, 0.25) is 5.88 Å². The highest BCUT2D eigenvalue weighted by atomic mass is 16.5. The van der Waals surface area contributed by atoms with Gasteiger partial charge < -0.3 is 19.5 Å². The van der Waals surface area contributed by atoms with Gasteiger partial charge in [-0.2, -0.15) is 0 Å². The van der Waals surface area contributed by atoms with Crippen molar-refractivity contribution in [2.75, 3.05) is 26.4 Å². The van der Waals surface area contributed by atoms with E-state index in [0.717, 1.165) is 5.75 Å². The summed E-state index contributed by atoms with van der Waals surface area (Å²) in [5, 5.41) is 2.79. The third-order valence-corrected chi connectivity index (χ3v) is 3.27. The lowest BCUT2D eigenvalue weighted by atomic mass is 10.2. The van der Waals surface area contributed by atoms with E-state index < -0.39 is 0 Å². The van der Waals surface area contributed by atoms with Crippen LogP contribution in [-0.4, -0.2) is 42.9 Å². The van der Waals surface area contributed by atoms with Crippen LogP contribution in [-0.2, 0) is 4.74 Å². The summed E-state index contributed by atoms with van der Waals surface area (Å²) >= 11 is 0. The molecule has 0 bridgehead atoms. The Morgan fingerprint density at radius 1 is 1.00 bits per heavy atom. The molecule has 0 aliphatic heterocycles. The van der Waals surface area contributed by atoms with Gasteiger partial charge in [0.25, 0.3) is 5.91 Å². The number of amides is 1. The molecule has 1 aromatic carbocycles. The van der Waals surface area contributed by atoms with Crippen molar-refractivity contribution < 1.29 is 19.0 Å². The van der Waals surface area contributed by atoms with Crippen molar-refractivity contribution in [3.05, 3.63) is 54.2 Å². The fraction of sp³-hybridized carbons (Fsp3) is 0.400. The van der Waals surface area contributed by atoms with E-state index in [2.05, 4.69) is 10.3 Å². The van der Waals surface area contributed by atoms with Crippen molar-refractivity contribution in [3.8, 4) is 11.6 Å². The molecule has 0 saturated carbocycles. The van der Waals surface area contributed by atoms with Crippen molar-refractivity contribution in [2.24, 2.45) is 0 Å². The summed E-state index contributed by atoms with van der Waals surface area (Å²) in [6, 6.07) is 12.8. The molecule has 2 aromatic rings. The van der Waals surface area contributed by atoms with Crippen LogP contribution < -0.4 is 14.8 Å². The maximum Gasteiger partial charge on any atom is 0.252 e. The van der Waals surface area contributed by atoms with E-state index in [4.69, 9.17) is 14.2 Å². The number of hydrogen-bond acceptors (Lipinski definition) is 5. The Morgan fingerprint density at radius 3 is 2.42 bits per heavy atom. The van der Waals surface area contributed by atoms with Gasteiger partial charge in [-0.05, 0) is 39.0 Å². The minimum atomic E-state index is -0.197. The van der Waals surface area contributed by atoms with Crippen molar-refractivity contribution >= 4 is 5.91 Å². The average molecular weight is 358 g/mol. The molecule has 1 amide bonds. The maximum absolute atomic E-state index is 12.1. The highest BCUT2D eigenvalue weighted by molar-refractivity contribution is 5.93. The average Bonchev–Trinajstić information content (AvgIpc) is 2.63. The van der Waals surface area contributed by atoms with Gasteiger partial charge in [0, 0.05) is 12.3 Å². The van der Waals surface area contributed by atoms with E-state index in [1.165, 1.54) is 6.20 Å². The molecule has 0 radical (unpaired) electrons. The summed E-state index contributed by atoms with van der Waals surface area (Å²) < 4.78 is 16.6. The Bertz CT molecular complexity index is 666. The molecule has 0 spiro atoms. The lowest BCUT2D eigenvalue weighted by Crippen LogP contribution is -2.28. The topological polar surface area (TPSA) is 69.7 Å². The van der Waals surface area contributed by atoms with E-state index in [0.29, 0.717) is 37.8 Å². The lowest BCUT2D eigenvalue weighted by Gasteiger charge is -2.19. The number of ether oxygens (including phenoxy) is 3. The van der Waals surface area contributed by atoms with E-state index >= 15 is 0 Å². The van der Waals surface area contributed by atoms with Crippen LogP contribution in [0.15, 0.2) is 48.7 Å². The molecule has 140 valence electrons. The Morgan fingerprint density at radius 2 is 1.77 bits per heavy atom. The Balaban J connectivity index is 1.67. The standard InChI is InChI=1S/C20H26N2O4/c1-20(2,3)26-14-13-25-18-10-9-16(15-22-18)19(23)21-11-12-24-17-7-5-4-6-8-17/h4-10,15H,11-14H2,1-3H3,(H,21,23). The summed E-state index contributed by atoms with van der Waals surface area (Å²) in [6.07, 6.45) is 1.49. The van der Waals surface area contributed by atoms with Crippen molar-refractivity contribution in [1.29, 1.82) is 0 Å². The van der Waals surface area contributed by atoms with Crippen LogP contribution in [0.2, 0.25) is 0 Å². The predicted octanol–water partition coefficient (Wildman–Crippen LogP) is 3.08. The first-order valence-corrected chi connectivity index (χ1v) is 8.63. The Kier molecular flexibility index (Phi) is 7.41. The molecule has 0 aliphatic rings. The SMILES string of the molecule is CC(C)(C)OCCOc1ccc(C(=O)NCCOc2ccccc2)cn1. The number of nitrogens with zero attached hydrogens (tertiary/aromatic N) is 1. The van der Waals surface area contributed by atoms with E-state index in [9.17, 15) is 4.79 Å². The third kappa shape index (κ3) is 7.53. The number of benzene rings is 1. The second kappa shape index (κ2) is 9.77. The molecule has 26 heavy (non-hydrogen) atoms. The number of para-hydroxylation sites is 1. The van der Waals surface area contributed by atoms with Crippen LogP contribution in [0.1, 0.15) is 31.1 Å². The maximum atomic E-state index is 12.1. The molecule has 1 aromatic heterocycles. The zero-order valence-electron chi connectivity index (χ0n) is 15.5. The molecule has 0 atom stereocenters. The quantitative estimate of drug-likeness (QED) is 0.698. The van der Waals surface area contributed by atoms with Gasteiger partial charge >= 0.3 is 0 Å². The fourth-order valence-corrected chi connectivity index (χ4v) is 2.05. The molecule has 0 fully saturated rings. The summed E-state index contributed by atoms with van der Waals surface area (Å²) in [5.74, 6) is 1.05. The summed E-state index contributed by atoms with van der Waals surface area (Å²) in [5.41, 5.74) is 0.283. The fourth-order valence-electron chi connectivity index (χ4n) is 2.05. The highest BCUT2D eigenvalue weighted by Crippen LogP contribution is 2.10. The van der Waals surface area contributed by atoms with Gasteiger partial charge in [-0.3, -0.25) is 4.79 Å². The molecule has 1 N–H and O–H groups in total. The van der Waals surface area contributed by atoms with Gasteiger partial charge in [-0.25, -0.2) is 4.98 Å². The van der Waals surface area contributed by atoms with Crippen molar-refractivity contribution in [3.63, 3.8) is 0 Å². The van der Waals surface area contributed by atoms with Gasteiger partial charge in [0.15, 0.2) is 0 Å². The summed E-state index contributed by atoms with van der Waals surface area (Å²) in [7, 11) is 0. The van der Waals surface area contributed by atoms with Crippen LogP contribution in [0.4, 0.5) is 0 Å². The number of hydrogen-bond donors (Lipinski definition) is 1. The molecule has 1 heterocycles. The first-order valence-electron chi connectivity index (χ1n) is 8.63. The molecule has 2 rings (SSSR count). The second-order valence-corrected chi connectivity index (χ2v) is 6.61. The first kappa shape index (κ1) is 19.7. The van der Waals surface area contributed by atoms with Crippen LogP contribution in [0.25, 0.3) is 0 Å². The van der Waals surface area contributed by atoms with Gasteiger partial charge in [0.05, 0.1) is 24.3 Å². The summed E-state index contributed by atoms with van der Waals surface area (Å²) in [4.78, 5) is 16.2. The molecule has 0 unspecified atom stereocenters. The van der Waals surface area contributed by atoms with E-state index in [1.54, 1.807) is 12.1 Å². The van der Waals surface area contributed by atoms with Crippen molar-refractivity contribution in [1.82, 2.24) is 10.3 Å². The van der Waals surface area contributed by atoms with Crippen molar-refractivity contribution in [2.45, 2.75) is 26.4 Å². The van der Waals surface area contributed by atoms with Crippen LogP contribution in [0.5, 0.6) is 11.6 Å². The third-order valence-electron chi connectivity index (χ3n) is 3.27. The Labute approximate surface area is 154 Å². The molecule has 0 aliphatic carbocycles. The largest absolute Gasteiger partial charge is 0.492 e. The number of nitrogens with one attached hydrogen (secondary N) is 1. The molecule has 6 heteroatoms. The molecular weight excluding hydrogens is 332 g/mol. The second-order valence-electron chi connectivity index (χ2n) is 6.61. The monoisotopic (exact) mass is 358 g/mol. The van der Waals surface area contributed by atoms with E-state index in [1.807, 2.05) is 51.1 Å². The minimum absolute atomic E-state index is 0.192. The highest BCUT2D eigenvalue weighted by Gasteiger charge is 2.10. The van der Waals surface area contributed by atoms with Gasteiger partial charge in [-0.1, -0.05) is 18.2 Å². The molecule has 6 nitrogen and oxygen atoms in total. The van der Waals surface area contributed by atoms with Crippen LogP contribution >= 0.6 is 0 Å². The number of carbonyl (C=O) groups excluding carboxylic acids is 1. The zero-order valence-corrected chi connectivity index (χ0v) is 15.5. The van der Waals surface area contributed by atoms with Gasteiger partial charge in [0.1, 0.15) is 19.0 Å². The first-order chi connectivity index (χ1) is 12.4. The normalized spacial score (nSPS) is 11.0. The summed E-state index contributed by atoms with van der Waals surface area (Å²) in [6.45, 7) is 7.67. The molecular formula is C20H26N2O4.